The molecule has 3 aromatic heterocycles. The number of aromatic nitrogens is 3. The number of aryl methyl sites for hydroxylation is 1. The maximum absolute atomic E-state index is 15.1. The van der Waals surface area contributed by atoms with Crippen LogP contribution in [0.5, 0.6) is 17.2 Å². The topological polar surface area (TPSA) is 167 Å². The van der Waals surface area contributed by atoms with Gasteiger partial charge in [0.25, 0.3) is 11.8 Å². The molecular weight excluding hydrogens is 821 g/mol. The summed E-state index contributed by atoms with van der Waals surface area (Å²) in [6, 6.07) is 22.8. The Morgan fingerprint density at radius 3 is 2.33 bits per heavy atom. The normalized spacial score (nSPS) is 16.1. The largest absolute Gasteiger partial charge is 1.00 e. The SMILES string of the molecule is Cc1c(C(=O)N(c2ccc(OP(=O)([O-])[O-])cc2)c2cnc3c(ccn3C)c2)cc(-c2cc3c(cc2C(=O)N2Cc4ccccc4C[C@H]2CN2CCOCC2)OCO3)n1C.[Na+].[Na+]. The number of morpholine rings is 1. The Balaban J connectivity index is 0.00000281. The van der Waals surface area contributed by atoms with E-state index >= 15 is 4.79 Å². The summed E-state index contributed by atoms with van der Waals surface area (Å²) in [6.45, 7) is 5.87. The van der Waals surface area contributed by atoms with Gasteiger partial charge >= 0.3 is 59.1 Å². The average molecular weight is 863 g/mol. The Hall–Kier alpha value is -3.96. The standard InChI is InChI=1S/C43H43N6O9P.2Na/c1-27-35(43(51)49(31-8-10-34(11-9-31)58-59(52,53)54)32-19-29-12-13-45(2)41(29)44-23-32)20-38(46(27)3)36-21-39-40(57-26-56-39)22-37(36)42(50)48-24-30-7-5-4-6-28(30)18-33(48)25-47-14-16-55-17-15-47;;/h4-13,19-23,33H,14-18,24-26H2,1-3H3,(H2,52,53,54);;/q;2*+1/p-2/t33-;;/m0../s1. The van der Waals surface area contributed by atoms with E-state index in [1.165, 1.54) is 34.7 Å². The molecule has 0 saturated carbocycles. The van der Waals surface area contributed by atoms with Crippen LogP contribution < -0.4 is 87.8 Å². The summed E-state index contributed by atoms with van der Waals surface area (Å²) < 4.78 is 36.9. The molecule has 2 amide bonds. The maximum atomic E-state index is 15.1. The predicted molar refractivity (Wildman–Crippen MR) is 215 cm³/mol. The Morgan fingerprint density at radius 1 is 0.902 bits per heavy atom. The average Bonchev–Trinajstić information content (AvgIpc) is 3.93. The number of rotatable bonds is 9. The van der Waals surface area contributed by atoms with Crippen molar-refractivity contribution in [3.8, 4) is 28.5 Å². The Bertz CT molecular complexity index is 2660. The molecule has 3 aromatic carbocycles. The van der Waals surface area contributed by atoms with Gasteiger partial charge in [-0.25, -0.2) is 4.98 Å². The number of amides is 2. The smallest absolute Gasteiger partial charge is 0.780 e. The number of hydrogen-bond donors (Lipinski definition) is 0. The molecule has 18 heteroatoms. The number of ether oxygens (including phenoxy) is 3. The Labute approximate surface area is 397 Å². The van der Waals surface area contributed by atoms with E-state index in [2.05, 4.69) is 26.5 Å². The number of nitrogens with zero attached hydrogens (tertiary/aromatic N) is 6. The van der Waals surface area contributed by atoms with E-state index in [1.807, 2.05) is 71.6 Å². The summed E-state index contributed by atoms with van der Waals surface area (Å²) in [6.07, 6.45) is 4.17. The molecule has 1 atom stereocenters. The van der Waals surface area contributed by atoms with E-state index in [0.717, 1.165) is 24.0 Å². The zero-order chi connectivity index (χ0) is 41.0. The zero-order valence-electron chi connectivity index (χ0n) is 34.7. The second kappa shape index (κ2) is 18.4. The van der Waals surface area contributed by atoms with Crippen LogP contribution in [0.3, 0.4) is 0 Å². The zero-order valence-corrected chi connectivity index (χ0v) is 39.6. The van der Waals surface area contributed by atoms with Crippen LogP contribution in [-0.4, -0.2) is 81.4 Å². The van der Waals surface area contributed by atoms with Crippen molar-refractivity contribution in [2.24, 2.45) is 14.1 Å². The van der Waals surface area contributed by atoms with Crippen molar-refractivity contribution in [2.75, 3.05) is 44.5 Å². The van der Waals surface area contributed by atoms with E-state index < -0.39 is 13.7 Å². The molecular formula is C43H41N6Na2O9P. The van der Waals surface area contributed by atoms with Crippen LogP contribution in [0.1, 0.15) is 37.5 Å². The van der Waals surface area contributed by atoms with E-state index in [9.17, 15) is 19.1 Å². The summed E-state index contributed by atoms with van der Waals surface area (Å²) in [5, 5.41) is 0.794. The Kier molecular flexibility index (Phi) is 13.6. The van der Waals surface area contributed by atoms with Gasteiger partial charge in [-0.1, -0.05) is 24.3 Å². The van der Waals surface area contributed by atoms with Crippen molar-refractivity contribution >= 4 is 42.0 Å². The van der Waals surface area contributed by atoms with E-state index in [-0.39, 0.29) is 83.6 Å². The molecule has 9 rings (SSSR count). The van der Waals surface area contributed by atoms with Crippen LogP contribution >= 0.6 is 7.82 Å². The minimum atomic E-state index is -5.31. The fourth-order valence-electron chi connectivity index (χ4n) is 8.28. The Morgan fingerprint density at radius 2 is 1.61 bits per heavy atom. The summed E-state index contributed by atoms with van der Waals surface area (Å²) in [4.78, 5) is 63.2. The molecule has 15 nitrogen and oxygen atoms in total. The van der Waals surface area contributed by atoms with Crippen molar-refractivity contribution in [3.05, 3.63) is 119 Å². The van der Waals surface area contributed by atoms with E-state index in [1.54, 1.807) is 18.3 Å². The minimum Gasteiger partial charge on any atom is -0.780 e. The summed E-state index contributed by atoms with van der Waals surface area (Å²) in [7, 11) is -1.59. The first kappa shape index (κ1) is 45.1. The van der Waals surface area contributed by atoms with Crippen molar-refractivity contribution in [2.45, 2.75) is 25.9 Å². The molecule has 6 aromatic rings. The van der Waals surface area contributed by atoms with Crippen molar-refractivity contribution in [1.82, 2.24) is 23.9 Å². The van der Waals surface area contributed by atoms with Gasteiger partial charge in [0.1, 0.15) is 19.2 Å². The molecule has 0 unspecified atom stereocenters. The van der Waals surface area contributed by atoms with Gasteiger partial charge in [0.2, 0.25) is 6.79 Å². The number of benzene rings is 3. The van der Waals surface area contributed by atoms with Gasteiger partial charge in [-0.15, -0.1) is 0 Å². The van der Waals surface area contributed by atoms with Gasteiger partial charge < -0.3 is 47.1 Å². The predicted octanol–water partition coefficient (Wildman–Crippen LogP) is -1.29. The summed E-state index contributed by atoms with van der Waals surface area (Å²) >= 11 is 0. The number of phosphoric acid groups is 1. The van der Waals surface area contributed by atoms with E-state index in [4.69, 9.17) is 14.2 Å². The first-order valence-electron chi connectivity index (χ1n) is 19.3. The van der Waals surface area contributed by atoms with Crippen LogP contribution in [0.4, 0.5) is 11.4 Å². The fraction of sp³-hybridized carbons (Fsp3) is 0.279. The first-order chi connectivity index (χ1) is 28.4. The van der Waals surface area contributed by atoms with Crippen LogP contribution in [0.15, 0.2) is 91.3 Å². The number of fused-ring (bicyclic) bond motifs is 3. The third kappa shape index (κ3) is 9.11. The molecule has 0 radical (unpaired) electrons. The second-order valence-electron chi connectivity index (χ2n) is 15.0. The minimum absolute atomic E-state index is 0. The molecule has 1 saturated heterocycles. The quantitative estimate of drug-likeness (QED) is 0.126. The second-order valence-corrected chi connectivity index (χ2v) is 16.1. The summed E-state index contributed by atoms with van der Waals surface area (Å²) in [5.41, 5.74) is 6.42. The summed E-state index contributed by atoms with van der Waals surface area (Å²) in [5.74, 6) is 0.191. The van der Waals surface area contributed by atoms with Gasteiger partial charge in [-0.2, -0.15) is 0 Å². The number of anilines is 2. The molecule has 61 heavy (non-hydrogen) atoms. The third-order valence-corrected chi connectivity index (χ3v) is 11.9. The molecule has 304 valence electrons. The van der Waals surface area contributed by atoms with Gasteiger partial charge in [0.15, 0.2) is 11.5 Å². The molecule has 3 aliphatic rings. The monoisotopic (exact) mass is 862 g/mol. The van der Waals surface area contributed by atoms with Crippen LogP contribution in [0.25, 0.3) is 22.3 Å². The van der Waals surface area contributed by atoms with Crippen LogP contribution in [0.2, 0.25) is 0 Å². The molecule has 0 N–H and O–H groups in total. The van der Waals surface area contributed by atoms with E-state index in [0.29, 0.717) is 89.3 Å². The molecule has 3 aliphatic heterocycles. The van der Waals surface area contributed by atoms with Gasteiger partial charge in [-0.05, 0) is 79.1 Å². The number of hydrogen-bond acceptors (Lipinski definition) is 11. The van der Waals surface area contributed by atoms with Crippen molar-refractivity contribution in [1.29, 1.82) is 0 Å². The van der Waals surface area contributed by atoms with Gasteiger partial charge in [0, 0.05) is 80.5 Å². The van der Waals surface area contributed by atoms with Crippen LogP contribution in [0, 0.1) is 6.92 Å². The number of carbonyl (C=O) groups is 2. The molecule has 0 bridgehead atoms. The van der Waals surface area contributed by atoms with Crippen molar-refractivity contribution < 1.29 is 102 Å². The third-order valence-electron chi connectivity index (χ3n) is 11.4. The number of phosphoric ester groups is 1. The molecule has 1 fully saturated rings. The fourth-order valence-corrected chi connectivity index (χ4v) is 8.66. The van der Waals surface area contributed by atoms with Gasteiger partial charge in [0.05, 0.1) is 36.2 Å². The number of pyridine rings is 1. The molecule has 6 heterocycles. The maximum Gasteiger partial charge on any atom is 1.00 e. The van der Waals surface area contributed by atoms with Crippen LogP contribution in [-0.2, 0) is 36.4 Å². The first-order valence-corrected chi connectivity index (χ1v) is 20.7. The van der Waals surface area contributed by atoms with Crippen molar-refractivity contribution in [3.63, 3.8) is 0 Å². The molecule has 0 spiro atoms. The molecule has 0 aliphatic carbocycles. The van der Waals surface area contributed by atoms with Gasteiger partial charge in [-0.3, -0.25) is 19.4 Å². The number of carbonyl (C=O) groups excluding carboxylic acids is 2.